The van der Waals surface area contributed by atoms with Gasteiger partial charge in [-0.15, -0.1) is 6.42 Å². The minimum atomic E-state index is -1.16. The third kappa shape index (κ3) is 3.64. The van der Waals surface area contributed by atoms with Crippen LogP contribution in [0.3, 0.4) is 0 Å². The molecule has 0 spiro atoms. The average Bonchev–Trinajstić information content (AvgIpc) is 2.33. The van der Waals surface area contributed by atoms with E-state index in [-0.39, 0.29) is 23.6 Å². The van der Waals surface area contributed by atoms with Gasteiger partial charge < -0.3 is 9.84 Å². The second kappa shape index (κ2) is 6.06. The van der Waals surface area contributed by atoms with Crippen LogP contribution in [0.2, 0.25) is 0 Å². The smallest absolute Gasteiger partial charge is 0.328 e. The monoisotopic (exact) mass is 247 g/mol. The van der Waals surface area contributed by atoms with Crippen LogP contribution in [0.25, 0.3) is 6.08 Å². The van der Waals surface area contributed by atoms with Crippen LogP contribution >= 0.6 is 0 Å². The van der Waals surface area contributed by atoms with Gasteiger partial charge in [-0.05, 0) is 12.1 Å². The lowest BCUT2D eigenvalue weighted by Crippen LogP contribution is -1.97. The summed E-state index contributed by atoms with van der Waals surface area (Å²) in [6.45, 7) is -0.00821. The first kappa shape index (κ1) is 13.3. The molecular formula is C12H9NO5. The molecule has 6 nitrogen and oxygen atoms in total. The van der Waals surface area contributed by atoms with E-state index in [1.165, 1.54) is 24.3 Å². The Morgan fingerprint density at radius 3 is 2.89 bits per heavy atom. The molecule has 1 N–H and O–H groups in total. The van der Waals surface area contributed by atoms with Crippen molar-refractivity contribution in [3.63, 3.8) is 0 Å². The zero-order valence-electron chi connectivity index (χ0n) is 9.20. The molecule has 0 aliphatic carbocycles. The molecule has 92 valence electrons. The Hall–Kier alpha value is -2.81. The first-order valence-corrected chi connectivity index (χ1v) is 4.80. The highest BCUT2D eigenvalue weighted by Gasteiger charge is 2.10. The summed E-state index contributed by atoms with van der Waals surface area (Å²) in [6.07, 6.45) is 7.10. The van der Waals surface area contributed by atoms with Crippen LogP contribution in [-0.4, -0.2) is 22.6 Å². The first-order chi connectivity index (χ1) is 8.54. The number of ether oxygens (including phenoxy) is 1. The van der Waals surface area contributed by atoms with Gasteiger partial charge in [0.2, 0.25) is 0 Å². The number of aliphatic carboxylic acids is 1. The molecule has 0 aliphatic rings. The van der Waals surface area contributed by atoms with E-state index in [1.807, 2.05) is 0 Å². The Kier molecular flexibility index (Phi) is 4.46. The molecule has 0 atom stereocenters. The van der Waals surface area contributed by atoms with E-state index < -0.39 is 10.9 Å². The highest BCUT2D eigenvalue weighted by molar-refractivity contribution is 5.86. The van der Waals surface area contributed by atoms with Crippen molar-refractivity contribution in [3.05, 3.63) is 40.0 Å². The fraction of sp³-hybridized carbons (Fsp3) is 0.0833. The molecule has 6 heteroatoms. The molecular weight excluding hydrogens is 238 g/mol. The summed E-state index contributed by atoms with van der Waals surface area (Å²) in [6, 6.07) is 3.84. The maximum atomic E-state index is 10.6. The summed E-state index contributed by atoms with van der Waals surface area (Å²) in [5, 5.41) is 19.1. The van der Waals surface area contributed by atoms with Crippen molar-refractivity contribution in [2.75, 3.05) is 6.61 Å². The molecule has 0 saturated carbocycles. The number of carboxylic acids is 1. The molecule has 1 aromatic carbocycles. The number of carboxylic acid groups (broad SMARTS) is 1. The highest BCUT2D eigenvalue weighted by Crippen LogP contribution is 2.25. The van der Waals surface area contributed by atoms with E-state index in [4.69, 9.17) is 16.3 Å². The number of non-ortho nitro benzene ring substituents is 1. The van der Waals surface area contributed by atoms with Crippen LogP contribution in [0.4, 0.5) is 5.69 Å². The third-order valence-electron chi connectivity index (χ3n) is 1.92. The summed E-state index contributed by atoms with van der Waals surface area (Å²) >= 11 is 0. The normalized spacial score (nSPS) is 9.94. The fourth-order valence-corrected chi connectivity index (χ4v) is 1.19. The second-order valence-corrected chi connectivity index (χ2v) is 3.14. The Balaban J connectivity index is 3.13. The number of terminal acetylenes is 1. The minimum Gasteiger partial charge on any atom is -0.480 e. The fourth-order valence-electron chi connectivity index (χ4n) is 1.19. The van der Waals surface area contributed by atoms with E-state index in [1.54, 1.807) is 0 Å². The lowest BCUT2D eigenvalue weighted by atomic mass is 10.1. The Bertz CT molecular complexity index is 542. The van der Waals surface area contributed by atoms with Crippen molar-refractivity contribution >= 4 is 17.7 Å². The zero-order chi connectivity index (χ0) is 13.5. The first-order valence-electron chi connectivity index (χ1n) is 4.80. The summed E-state index contributed by atoms with van der Waals surface area (Å²) < 4.78 is 5.15. The lowest BCUT2D eigenvalue weighted by Gasteiger charge is -2.05. The summed E-state index contributed by atoms with van der Waals surface area (Å²) in [5.41, 5.74) is 0.120. The van der Waals surface area contributed by atoms with Crippen molar-refractivity contribution in [2.24, 2.45) is 0 Å². The van der Waals surface area contributed by atoms with Crippen LogP contribution < -0.4 is 4.74 Å². The van der Waals surface area contributed by atoms with Gasteiger partial charge in [0.05, 0.1) is 4.92 Å². The van der Waals surface area contributed by atoms with Crippen LogP contribution in [-0.2, 0) is 4.79 Å². The predicted molar refractivity (Wildman–Crippen MR) is 64.1 cm³/mol. The molecule has 1 rings (SSSR count). The number of benzene rings is 1. The molecule has 0 aliphatic heterocycles. The van der Waals surface area contributed by atoms with Gasteiger partial charge in [-0.3, -0.25) is 10.1 Å². The highest BCUT2D eigenvalue weighted by atomic mass is 16.6. The Morgan fingerprint density at radius 1 is 1.61 bits per heavy atom. The molecule has 0 bridgehead atoms. The van der Waals surface area contributed by atoms with E-state index in [2.05, 4.69) is 5.92 Å². The maximum Gasteiger partial charge on any atom is 0.328 e. The van der Waals surface area contributed by atoms with E-state index in [0.717, 1.165) is 6.08 Å². The molecule has 18 heavy (non-hydrogen) atoms. The van der Waals surface area contributed by atoms with Gasteiger partial charge in [0, 0.05) is 23.8 Å². The molecule has 0 fully saturated rings. The van der Waals surface area contributed by atoms with Crippen molar-refractivity contribution in [1.29, 1.82) is 0 Å². The minimum absolute atomic E-state index is 0.00821. The van der Waals surface area contributed by atoms with Gasteiger partial charge in [0.15, 0.2) is 0 Å². The van der Waals surface area contributed by atoms with Gasteiger partial charge in [0.1, 0.15) is 12.4 Å². The summed E-state index contributed by atoms with van der Waals surface area (Å²) in [5.74, 6) is 1.37. The van der Waals surface area contributed by atoms with Crippen LogP contribution in [0.15, 0.2) is 24.3 Å². The van der Waals surface area contributed by atoms with Crippen molar-refractivity contribution in [1.82, 2.24) is 0 Å². The van der Waals surface area contributed by atoms with E-state index in [9.17, 15) is 14.9 Å². The molecule has 0 heterocycles. The number of nitrogens with zero attached hydrogens (tertiary/aromatic N) is 1. The lowest BCUT2D eigenvalue weighted by molar-refractivity contribution is -0.384. The topological polar surface area (TPSA) is 89.7 Å². The number of nitro groups is 1. The maximum absolute atomic E-state index is 10.6. The molecule has 0 amide bonds. The summed E-state index contributed by atoms with van der Waals surface area (Å²) in [4.78, 5) is 20.5. The van der Waals surface area contributed by atoms with Crippen molar-refractivity contribution < 1.29 is 19.6 Å². The molecule has 0 saturated heterocycles. The molecule has 1 aromatic rings. The quantitative estimate of drug-likeness (QED) is 0.370. The number of nitro benzene ring substituents is 1. The predicted octanol–water partition coefficient (Wildman–Crippen LogP) is 1.70. The largest absolute Gasteiger partial charge is 0.480 e. The number of hydrogen-bond acceptors (Lipinski definition) is 4. The molecule has 0 unspecified atom stereocenters. The number of carbonyl (C=O) groups is 1. The zero-order valence-corrected chi connectivity index (χ0v) is 9.20. The van der Waals surface area contributed by atoms with E-state index in [0.29, 0.717) is 0 Å². The van der Waals surface area contributed by atoms with E-state index >= 15 is 0 Å². The SMILES string of the molecule is C#CCOc1ccc([N+](=O)[O-])cc1/C=C/C(=O)O. The van der Waals surface area contributed by atoms with Gasteiger partial charge in [0.25, 0.3) is 5.69 Å². The van der Waals surface area contributed by atoms with Gasteiger partial charge in [-0.25, -0.2) is 4.79 Å². The van der Waals surface area contributed by atoms with Gasteiger partial charge in [-0.1, -0.05) is 5.92 Å². The number of rotatable bonds is 5. The van der Waals surface area contributed by atoms with Crippen LogP contribution in [0.1, 0.15) is 5.56 Å². The van der Waals surface area contributed by atoms with Gasteiger partial charge >= 0.3 is 5.97 Å². The average molecular weight is 247 g/mol. The molecule has 0 aromatic heterocycles. The third-order valence-corrected chi connectivity index (χ3v) is 1.92. The number of hydrogen-bond donors (Lipinski definition) is 1. The molecule has 0 radical (unpaired) electrons. The van der Waals surface area contributed by atoms with Crippen molar-refractivity contribution in [2.45, 2.75) is 0 Å². The Labute approximate surface area is 103 Å². The van der Waals surface area contributed by atoms with Crippen molar-refractivity contribution in [3.8, 4) is 18.1 Å². The van der Waals surface area contributed by atoms with Crippen LogP contribution in [0.5, 0.6) is 5.75 Å². The second-order valence-electron chi connectivity index (χ2n) is 3.14. The van der Waals surface area contributed by atoms with Crippen LogP contribution in [0, 0.1) is 22.5 Å². The Morgan fingerprint density at radius 2 is 2.33 bits per heavy atom. The van der Waals surface area contributed by atoms with Gasteiger partial charge in [-0.2, -0.15) is 0 Å². The summed E-state index contributed by atoms with van der Waals surface area (Å²) in [7, 11) is 0. The standard InChI is InChI=1S/C12H9NO5/c1-2-7-18-11-5-4-10(13(16)17)8-9(11)3-6-12(14)15/h1,3-6,8H,7H2,(H,14,15)/b6-3+.